The van der Waals surface area contributed by atoms with Crippen molar-refractivity contribution in [2.45, 2.75) is 31.0 Å². The minimum atomic E-state index is -1.49. The molecule has 2 aromatic rings. The van der Waals surface area contributed by atoms with Crippen molar-refractivity contribution in [2.75, 3.05) is 6.61 Å². The molecule has 27 heavy (non-hydrogen) atoms. The van der Waals surface area contributed by atoms with Gasteiger partial charge < -0.3 is 36.5 Å². The molecular weight excluding hydrogens is 358 g/mol. The van der Waals surface area contributed by atoms with Crippen molar-refractivity contribution in [3.8, 4) is 0 Å². The van der Waals surface area contributed by atoms with Crippen LogP contribution in [0.5, 0.6) is 0 Å². The number of aliphatic hydroxyl groups excluding tert-OH is 1. The Kier molecular flexibility index (Phi) is 7.02. The number of nitrogens with two attached hydrogens (primary N) is 1. The van der Waals surface area contributed by atoms with E-state index in [4.69, 9.17) is 15.9 Å². The van der Waals surface area contributed by atoms with Crippen LogP contribution in [0.15, 0.2) is 25.0 Å². The molecule has 0 aliphatic carbocycles. The minimum absolute atomic E-state index is 0.0338. The van der Waals surface area contributed by atoms with Gasteiger partial charge in [-0.1, -0.05) is 0 Å². The predicted molar refractivity (Wildman–Crippen MR) is 91.1 cm³/mol. The van der Waals surface area contributed by atoms with E-state index in [0.717, 1.165) is 0 Å². The first kappa shape index (κ1) is 20.1. The number of carboxylic acids is 1. The first-order valence-electron chi connectivity index (χ1n) is 8.05. The summed E-state index contributed by atoms with van der Waals surface area (Å²) < 4.78 is 0. The molecule has 2 aromatic heterocycles. The van der Waals surface area contributed by atoms with Crippen molar-refractivity contribution in [1.29, 1.82) is 0 Å². The number of amides is 2. The summed E-state index contributed by atoms with van der Waals surface area (Å²) in [5.74, 6) is -2.76. The molecule has 0 saturated heterocycles. The lowest BCUT2D eigenvalue weighted by Gasteiger charge is -2.22. The summed E-state index contributed by atoms with van der Waals surface area (Å²) in [4.78, 5) is 49.1. The number of hydrogen-bond donors (Lipinski definition) is 7. The van der Waals surface area contributed by atoms with Crippen molar-refractivity contribution < 1.29 is 24.6 Å². The highest BCUT2D eigenvalue weighted by atomic mass is 16.4. The van der Waals surface area contributed by atoms with E-state index in [9.17, 15) is 14.4 Å². The van der Waals surface area contributed by atoms with Gasteiger partial charge in [0.25, 0.3) is 0 Å². The fraction of sp³-hybridized carbons (Fsp3) is 0.400. The molecule has 12 heteroatoms. The van der Waals surface area contributed by atoms with Crippen molar-refractivity contribution in [3.05, 3.63) is 36.4 Å². The number of nitrogens with one attached hydrogen (secondary N) is 4. The molecule has 2 heterocycles. The molecule has 3 atom stereocenters. The number of aromatic amines is 2. The summed E-state index contributed by atoms with van der Waals surface area (Å²) in [6.45, 7) is -0.787. The highest BCUT2D eigenvalue weighted by Crippen LogP contribution is 2.02. The van der Waals surface area contributed by atoms with Crippen molar-refractivity contribution in [1.82, 2.24) is 30.6 Å². The van der Waals surface area contributed by atoms with Gasteiger partial charge in [-0.25, -0.2) is 14.8 Å². The Morgan fingerprint density at radius 1 is 1.00 bits per heavy atom. The highest BCUT2D eigenvalue weighted by Gasteiger charge is 2.28. The fourth-order valence-electron chi connectivity index (χ4n) is 2.29. The predicted octanol–water partition coefficient (Wildman–Crippen LogP) is -2.71. The van der Waals surface area contributed by atoms with Crippen LogP contribution < -0.4 is 16.4 Å². The van der Waals surface area contributed by atoms with E-state index in [1.165, 1.54) is 25.0 Å². The van der Waals surface area contributed by atoms with E-state index in [2.05, 4.69) is 30.6 Å². The fourth-order valence-corrected chi connectivity index (χ4v) is 2.29. The monoisotopic (exact) mass is 379 g/mol. The Morgan fingerprint density at radius 3 is 2.04 bits per heavy atom. The van der Waals surface area contributed by atoms with Gasteiger partial charge >= 0.3 is 5.97 Å². The molecule has 0 saturated carbocycles. The van der Waals surface area contributed by atoms with E-state index >= 15 is 0 Å². The second kappa shape index (κ2) is 9.45. The Hall–Kier alpha value is -3.25. The molecule has 8 N–H and O–H groups in total. The summed E-state index contributed by atoms with van der Waals surface area (Å²) in [6.07, 6.45) is 6.07. The highest BCUT2D eigenvalue weighted by molar-refractivity contribution is 5.92. The van der Waals surface area contributed by atoms with Gasteiger partial charge in [-0.05, 0) is 0 Å². The molecule has 0 aromatic carbocycles. The second-order valence-corrected chi connectivity index (χ2v) is 5.81. The number of aliphatic carboxylic acids is 1. The lowest BCUT2D eigenvalue weighted by atomic mass is 10.1. The second-order valence-electron chi connectivity index (χ2n) is 5.81. The van der Waals surface area contributed by atoms with Crippen LogP contribution in [-0.2, 0) is 27.2 Å². The molecule has 146 valence electrons. The van der Waals surface area contributed by atoms with Crippen molar-refractivity contribution in [3.63, 3.8) is 0 Å². The number of hydrogen-bond acceptors (Lipinski definition) is 7. The third-order valence-electron chi connectivity index (χ3n) is 3.74. The molecule has 2 rings (SSSR count). The summed E-state index contributed by atoms with van der Waals surface area (Å²) in [7, 11) is 0. The Bertz CT molecular complexity index is 747. The average molecular weight is 379 g/mol. The average Bonchev–Trinajstić information content (AvgIpc) is 3.32. The molecule has 3 unspecified atom stereocenters. The number of nitrogens with zero attached hydrogens (tertiary/aromatic N) is 2. The smallest absolute Gasteiger partial charge is 0.328 e. The van der Waals surface area contributed by atoms with Crippen LogP contribution in [0.4, 0.5) is 0 Å². The van der Waals surface area contributed by atoms with Gasteiger partial charge in [-0.15, -0.1) is 0 Å². The molecule has 2 amide bonds. The molecule has 0 bridgehead atoms. The zero-order chi connectivity index (χ0) is 19.8. The van der Waals surface area contributed by atoms with Gasteiger partial charge in [0.15, 0.2) is 0 Å². The molecule has 0 aliphatic rings. The standard InChI is InChI=1S/C15H21N7O5/c16-10(1-8-3-17-6-19-8)13(24)21-11(2-9-4-18-7-20-9)14(25)22-12(5-23)15(26)27/h3-4,6-7,10-12,23H,1-2,5,16H2,(H,17,19)(H,18,20)(H,21,24)(H,22,25)(H,26,27). The van der Waals surface area contributed by atoms with Crippen LogP contribution in [0.3, 0.4) is 0 Å². The van der Waals surface area contributed by atoms with Gasteiger partial charge in [-0.3, -0.25) is 9.59 Å². The first-order chi connectivity index (χ1) is 12.9. The van der Waals surface area contributed by atoms with Crippen LogP contribution in [-0.4, -0.2) is 72.7 Å². The lowest BCUT2D eigenvalue weighted by molar-refractivity contribution is -0.143. The van der Waals surface area contributed by atoms with Gasteiger partial charge in [0, 0.05) is 36.6 Å². The number of rotatable bonds is 10. The number of imidazole rings is 2. The Labute approximate surface area is 153 Å². The van der Waals surface area contributed by atoms with E-state index in [0.29, 0.717) is 11.4 Å². The van der Waals surface area contributed by atoms with Crippen LogP contribution in [0.1, 0.15) is 11.4 Å². The summed E-state index contributed by atoms with van der Waals surface area (Å²) in [5.41, 5.74) is 7.06. The maximum absolute atomic E-state index is 12.4. The first-order valence-corrected chi connectivity index (χ1v) is 8.05. The number of H-pyrrole nitrogens is 2. The molecule has 0 aliphatic heterocycles. The maximum Gasteiger partial charge on any atom is 0.328 e. The number of carboxylic acid groups (broad SMARTS) is 1. The molecule has 0 radical (unpaired) electrons. The largest absolute Gasteiger partial charge is 0.480 e. The lowest BCUT2D eigenvalue weighted by Crippen LogP contribution is -2.56. The molecule has 0 fully saturated rings. The molecule has 0 spiro atoms. The number of aromatic nitrogens is 4. The van der Waals surface area contributed by atoms with Crippen molar-refractivity contribution in [2.24, 2.45) is 5.73 Å². The van der Waals surface area contributed by atoms with E-state index < -0.39 is 42.5 Å². The van der Waals surface area contributed by atoms with E-state index in [1.54, 1.807) is 0 Å². The third kappa shape index (κ3) is 5.90. The topological polar surface area (TPSA) is 199 Å². The number of carbonyl (C=O) groups is 3. The Balaban J connectivity index is 2.05. The number of carbonyl (C=O) groups excluding carboxylic acids is 2. The van der Waals surface area contributed by atoms with E-state index in [-0.39, 0.29) is 12.8 Å². The quantitative estimate of drug-likeness (QED) is 0.231. The molecule has 12 nitrogen and oxygen atoms in total. The van der Waals surface area contributed by atoms with Gasteiger partial charge in [0.2, 0.25) is 11.8 Å². The maximum atomic E-state index is 12.4. The number of aliphatic hydroxyl groups is 1. The normalized spacial score (nSPS) is 14.1. The summed E-state index contributed by atoms with van der Waals surface area (Å²) >= 11 is 0. The van der Waals surface area contributed by atoms with E-state index in [1.807, 2.05) is 0 Å². The van der Waals surface area contributed by atoms with Crippen LogP contribution in [0.25, 0.3) is 0 Å². The van der Waals surface area contributed by atoms with Gasteiger partial charge in [0.1, 0.15) is 12.1 Å². The zero-order valence-electron chi connectivity index (χ0n) is 14.3. The SMILES string of the molecule is NC(Cc1cnc[nH]1)C(=O)NC(Cc1cnc[nH]1)C(=O)NC(CO)C(=O)O. The minimum Gasteiger partial charge on any atom is -0.480 e. The van der Waals surface area contributed by atoms with Crippen molar-refractivity contribution >= 4 is 17.8 Å². The van der Waals surface area contributed by atoms with Crippen LogP contribution >= 0.6 is 0 Å². The van der Waals surface area contributed by atoms with Gasteiger partial charge in [0.05, 0.1) is 25.3 Å². The van der Waals surface area contributed by atoms with Gasteiger partial charge in [-0.2, -0.15) is 0 Å². The zero-order valence-corrected chi connectivity index (χ0v) is 14.3. The summed E-state index contributed by atoms with van der Waals surface area (Å²) in [5, 5.41) is 22.7. The van der Waals surface area contributed by atoms with Crippen LogP contribution in [0.2, 0.25) is 0 Å². The van der Waals surface area contributed by atoms with Crippen LogP contribution in [0, 0.1) is 0 Å². The Morgan fingerprint density at radius 2 is 1.56 bits per heavy atom. The molecular formula is C15H21N7O5. The third-order valence-corrected chi connectivity index (χ3v) is 3.74. The summed E-state index contributed by atoms with van der Waals surface area (Å²) in [6, 6.07) is -3.55.